The van der Waals surface area contributed by atoms with Crippen LogP contribution in [0.15, 0.2) is 24.3 Å². The van der Waals surface area contributed by atoms with Crippen molar-refractivity contribution in [3.05, 3.63) is 29.8 Å². The highest BCUT2D eigenvalue weighted by molar-refractivity contribution is 7.98. The molecule has 0 saturated heterocycles. The Labute approximate surface area is 102 Å². The lowest BCUT2D eigenvalue weighted by Gasteiger charge is -2.14. The first-order valence-corrected chi connectivity index (χ1v) is 7.14. The van der Waals surface area contributed by atoms with Crippen LogP contribution >= 0.6 is 11.8 Å². The van der Waals surface area contributed by atoms with Gasteiger partial charge < -0.3 is 10.4 Å². The van der Waals surface area contributed by atoms with E-state index in [0.717, 1.165) is 12.1 Å². The van der Waals surface area contributed by atoms with Gasteiger partial charge in [-0.05, 0) is 56.0 Å². The second-order valence-corrected chi connectivity index (χ2v) is 4.96. The number of nitrogens with one attached hydrogen (secondary N) is 1. The molecule has 0 aliphatic carbocycles. The monoisotopic (exact) mass is 239 g/mol. The van der Waals surface area contributed by atoms with Gasteiger partial charge in [-0.1, -0.05) is 12.1 Å². The fourth-order valence-corrected chi connectivity index (χ4v) is 2.09. The van der Waals surface area contributed by atoms with Crippen molar-refractivity contribution in [2.24, 2.45) is 0 Å². The van der Waals surface area contributed by atoms with E-state index in [9.17, 15) is 5.11 Å². The van der Waals surface area contributed by atoms with Crippen LogP contribution in [0.2, 0.25) is 0 Å². The van der Waals surface area contributed by atoms with E-state index in [4.69, 9.17) is 0 Å². The summed E-state index contributed by atoms with van der Waals surface area (Å²) in [7, 11) is 0. The molecule has 0 aromatic heterocycles. The normalized spacial score (nSPS) is 12.6. The van der Waals surface area contributed by atoms with Crippen LogP contribution in [0.1, 0.15) is 31.4 Å². The molecule has 2 nitrogen and oxygen atoms in total. The molecule has 1 aromatic rings. The molecule has 2 N–H and O–H groups in total. The lowest BCUT2D eigenvalue weighted by Crippen LogP contribution is -2.19. The summed E-state index contributed by atoms with van der Waals surface area (Å²) in [6, 6.07) is 7.76. The fraction of sp³-hybridized carbons (Fsp3) is 0.538. The van der Waals surface area contributed by atoms with E-state index in [2.05, 4.69) is 18.5 Å². The highest BCUT2D eigenvalue weighted by Crippen LogP contribution is 2.17. The Balaban J connectivity index is 2.27. The maximum Gasteiger partial charge on any atom is 0.115 e. The highest BCUT2D eigenvalue weighted by atomic mass is 32.2. The SMILES string of the molecule is CSCCCCNC(C)c1cccc(O)c1. The van der Waals surface area contributed by atoms with Gasteiger partial charge in [-0.25, -0.2) is 0 Å². The van der Waals surface area contributed by atoms with Crippen LogP contribution < -0.4 is 5.32 Å². The van der Waals surface area contributed by atoms with E-state index < -0.39 is 0 Å². The fourth-order valence-electron chi connectivity index (χ4n) is 1.60. The smallest absolute Gasteiger partial charge is 0.115 e. The summed E-state index contributed by atoms with van der Waals surface area (Å²) in [6.07, 6.45) is 4.62. The second kappa shape index (κ2) is 7.58. The summed E-state index contributed by atoms with van der Waals surface area (Å²) in [5.41, 5.74) is 1.14. The number of hydrogen-bond donors (Lipinski definition) is 2. The standard InChI is InChI=1S/C13H21NOS/c1-11(14-8-3-4-9-16-2)12-6-5-7-13(15)10-12/h5-7,10-11,14-15H,3-4,8-9H2,1-2H3. The summed E-state index contributed by atoms with van der Waals surface area (Å²) in [5.74, 6) is 1.58. The Morgan fingerprint density at radius 1 is 1.38 bits per heavy atom. The Morgan fingerprint density at radius 2 is 2.19 bits per heavy atom. The zero-order valence-corrected chi connectivity index (χ0v) is 10.9. The molecular formula is C13H21NOS. The van der Waals surface area contributed by atoms with Gasteiger partial charge in [-0.15, -0.1) is 0 Å². The Kier molecular flexibility index (Phi) is 6.34. The van der Waals surface area contributed by atoms with Crippen molar-refractivity contribution >= 4 is 11.8 Å². The molecule has 0 aliphatic heterocycles. The third kappa shape index (κ3) is 4.90. The van der Waals surface area contributed by atoms with Crippen LogP contribution in [0.5, 0.6) is 5.75 Å². The van der Waals surface area contributed by atoms with Gasteiger partial charge >= 0.3 is 0 Å². The van der Waals surface area contributed by atoms with Crippen LogP contribution in [0.25, 0.3) is 0 Å². The lowest BCUT2D eigenvalue weighted by molar-refractivity contribution is 0.472. The van der Waals surface area contributed by atoms with Crippen molar-refractivity contribution in [3.8, 4) is 5.75 Å². The quantitative estimate of drug-likeness (QED) is 0.717. The molecule has 0 spiro atoms. The summed E-state index contributed by atoms with van der Waals surface area (Å²) in [6.45, 7) is 3.17. The van der Waals surface area contributed by atoms with Crippen molar-refractivity contribution < 1.29 is 5.11 Å². The predicted molar refractivity (Wildman–Crippen MR) is 72.1 cm³/mol. The molecule has 0 fully saturated rings. The molecular weight excluding hydrogens is 218 g/mol. The molecule has 0 radical (unpaired) electrons. The minimum Gasteiger partial charge on any atom is -0.508 e. The van der Waals surface area contributed by atoms with Gasteiger partial charge in [0, 0.05) is 6.04 Å². The van der Waals surface area contributed by atoms with E-state index in [1.807, 2.05) is 30.0 Å². The van der Waals surface area contributed by atoms with Crippen molar-refractivity contribution in [2.75, 3.05) is 18.6 Å². The van der Waals surface area contributed by atoms with Crippen LogP contribution in [0, 0.1) is 0 Å². The van der Waals surface area contributed by atoms with Gasteiger partial charge in [-0.2, -0.15) is 11.8 Å². The Hall–Kier alpha value is -0.670. The van der Waals surface area contributed by atoms with E-state index in [0.29, 0.717) is 11.8 Å². The second-order valence-electron chi connectivity index (χ2n) is 3.97. The number of thioether (sulfide) groups is 1. The maximum atomic E-state index is 9.37. The third-order valence-corrected chi connectivity index (χ3v) is 3.29. The molecule has 0 heterocycles. The molecule has 0 bridgehead atoms. The lowest BCUT2D eigenvalue weighted by atomic mass is 10.1. The number of phenolic OH excluding ortho intramolecular Hbond substituents is 1. The number of benzene rings is 1. The zero-order valence-electron chi connectivity index (χ0n) is 10.1. The summed E-state index contributed by atoms with van der Waals surface area (Å²) < 4.78 is 0. The average molecular weight is 239 g/mol. The van der Waals surface area contributed by atoms with Gasteiger partial charge in [0.15, 0.2) is 0 Å². The Bertz CT molecular complexity index is 304. The van der Waals surface area contributed by atoms with Crippen molar-refractivity contribution in [3.63, 3.8) is 0 Å². The molecule has 1 unspecified atom stereocenters. The minimum absolute atomic E-state index is 0.307. The van der Waals surface area contributed by atoms with E-state index in [-0.39, 0.29) is 0 Å². The van der Waals surface area contributed by atoms with Crippen LogP contribution in [-0.2, 0) is 0 Å². The van der Waals surface area contributed by atoms with Crippen LogP contribution in [0.4, 0.5) is 0 Å². The van der Waals surface area contributed by atoms with Crippen LogP contribution in [-0.4, -0.2) is 23.7 Å². The van der Waals surface area contributed by atoms with Crippen molar-refractivity contribution in [1.82, 2.24) is 5.32 Å². The third-order valence-electron chi connectivity index (χ3n) is 2.60. The van der Waals surface area contributed by atoms with E-state index >= 15 is 0 Å². The molecule has 90 valence electrons. The average Bonchev–Trinajstić information content (AvgIpc) is 2.28. The first-order chi connectivity index (χ1) is 7.74. The van der Waals surface area contributed by atoms with E-state index in [1.165, 1.54) is 18.6 Å². The molecule has 16 heavy (non-hydrogen) atoms. The molecule has 0 aliphatic rings. The maximum absolute atomic E-state index is 9.37. The number of unbranched alkanes of at least 4 members (excludes halogenated alkanes) is 1. The highest BCUT2D eigenvalue weighted by Gasteiger charge is 2.04. The van der Waals surface area contributed by atoms with Crippen LogP contribution in [0.3, 0.4) is 0 Å². The van der Waals surface area contributed by atoms with Gasteiger partial charge in [0.1, 0.15) is 5.75 Å². The summed E-state index contributed by atoms with van der Waals surface area (Å²) >= 11 is 1.90. The van der Waals surface area contributed by atoms with Gasteiger partial charge in [0.25, 0.3) is 0 Å². The topological polar surface area (TPSA) is 32.3 Å². The zero-order chi connectivity index (χ0) is 11.8. The molecule has 0 amide bonds. The molecule has 1 atom stereocenters. The number of hydrogen-bond acceptors (Lipinski definition) is 3. The first kappa shape index (κ1) is 13.4. The Morgan fingerprint density at radius 3 is 2.88 bits per heavy atom. The predicted octanol–water partition coefficient (Wildman–Crippen LogP) is 3.19. The van der Waals surface area contributed by atoms with Gasteiger partial charge in [0.2, 0.25) is 0 Å². The number of rotatable bonds is 7. The van der Waals surface area contributed by atoms with Gasteiger partial charge in [0.05, 0.1) is 0 Å². The van der Waals surface area contributed by atoms with Crippen molar-refractivity contribution in [1.29, 1.82) is 0 Å². The first-order valence-electron chi connectivity index (χ1n) is 5.75. The largest absolute Gasteiger partial charge is 0.508 e. The number of phenols is 1. The van der Waals surface area contributed by atoms with Gasteiger partial charge in [-0.3, -0.25) is 0 Å². The van der Waals surface area contributed by atoms with E-state index in [1.54, 1.807) is 6.07 Å². The van der Waals surface area contributed by atoms with Crippen molar-refractivity contribution in [2.45, 2.75) is 25.8 Å². The summed E-state index contributed by atoms with van der Waals surface area (Å²) in [5, 5.41) is 12.8. The molecule has 0 saturated carbocycles. The minimum atomic E-state index is 0.307. The molecule has 1 rings (SSSR count). The molecule has 1 aromatic carbocycles. The summed E-state index contributed by atoms with van der Waals surface area (Å²) in [4.78, 5) is 0. The molecule has 3 heteroatoms. The number of aromatic hydroxyl groups is 1.